The van der Waals surface area contributed by atoms with Crippen molar-refractivity contribution in [3.8, 4) is 0 Å². The molecule has 1 aromatic carbocycles. The van der Waals surface area contributed by atoms with Crippen molar-refractivity contribution in [3.63, 3.8) is 0 Å². The van der Waals surface area contributed by atoms with Crippen molar-refractivity contribution in [3.05, 3.63) is 52.4 Å². The SMILES string of the molecule is Clc1nc2c(c(NCc3ccccc3)n1)CCOC2. The zero-order valence-corrected chi connectivity index (χ0v) is 11.2. The Kier molecular flexibility index (Phi) is 3.62. The summed E-state index contributed by atoms with van der Waals surface area (Å²) >= 11 is 5.95. The Morgan fingerprint density at radius 2 is 2.05 bits per heavy atom. The summed E-state index contributed by atoms with van der Waals surface area (Å²) in [6.07, 6.45) is 0.823. The van der Waals surface area contributed by atoms with Crippen LogP contribution < -0.4 is 5.32 Å². The molecule has 0 amide bonds. The molecule has 0 spiro atoms. The Labute approximate surface area is 116 Å². The number of fused-ring (bicyclic) bond motifs is 1. The third kappa shape index (κ3) is 2.85. The van der Waals surface area contributed by atoms with E-state index < -0.39 is 0 Å². The highest BCUT2D eigenvalue weighted by Gasteiger charge is 2.17. The summed E-state index contributed by atoms with van der Waals surface area (Å²) in [6.45, 7) is 1.94. The number of anilines is 1. The highest BCUT2D eigenvalue weighted by Crippen LogP contribution is 2.24. The van der Waals surface area contributed by atoms with E-state index in [-0.39, 0.29) is 5.28 Å². The van der Waals surface area contributed by atoms with Crippen molar-refractivity contribution >= 4 is 17.4 Å². The molecule has 2 aromatic rings. The number of nitrogens with zero attached hydrogens (tertiary/aromatic N) is 2. The van der Waals surface area contributed by atoms with Crippen LogP contribution in [0.2, 0.25) is 5.28 Å². The highest BCUT2D eigenvalue weighted by molar-refractivity contribution is 6.28. The fourth-order valence-electron chi connectivity index (χ4n) is 2.15. The molecule has 0 saturated carbocycles. The summed E-state index contributed by atoms with van der Waals surface area (Å²) in [5.41, 5.74) is 3.21. The molecule has 1 N–H and O–H groups in total. The fraction of sp³-hybridized carbons (Fsp3) is 0.286. The zero-order chi connectivity index (χ0) is 13.1. The van der Waals surface area contributed by atoms with Gasteiger partial charge in [0.05, 0.1) is 18.9 Å². The van der Waals surface area contributed by atoms with Crippen LogP contribution in [-0.4, -0.2) is 16.6 Å². The molecule has 0 bridgehead atoms. The Morgan fingerprint density at radius 3 is 2.89 bits per heavy atom. The minimum absolute atomic E-state index is 0.264. The topological polar surface area (TPSA) is 47.0 Å². The lowest BCUT2D eigenvalue weighted by Gasteiger charge is -2.19. The summed E-state index contributed by atoms with van der Waals surface area (Å²) in [4.78, 5) is 8.51. The normalized spacial score (nSPS) is 13.9. The van der Waals surface area contributed by atoms with Crippen LogP contribution in [0.15, 0.2) is 30.3 Å². The quantitative estimate of drug-likeness (QED) is 0.875. The smallest absolute Gasteiger partial charge is 0.224 e. The van der Waals surface area contributed by atoms with Gasteiger partial charge in [-0.1, -0.05) is 30.3 Å². The highest BCUT2D eigenvalue weighted by atomic mass is 35.5. The second kappa shape index (κ2) is 5.55. The van der Waals surface area contributed by atoms with Gasteiger partial charge in [0.25, 0.3) is 0 Å². The van der Waals surface area contributed by atoms with E-state index in [0.717, 1.165) is 30.0 Å². The zero-order valence-electron chi connectivity index (χ0n) is 10.4. The van der Waals surface area contributed by atoms with Gasteiger partial charge in [-0.05, 0) is 17.2 Å². The average Bonchev–Trinajstić information content (AvgIpc) is 2.45. The van der Waals surface area contributed by atoms with E-state index in [4.69, 9.17) is 16.3 Å². The van der Waals surface area contributed by atoms with E-state index in [2.05, 4.69) is 27.4 Å². The number of benzene rings is 1. The van der Waals surface area contributed by atoms with Gasteiger partial charge in [0, 0.05) is 18.5 Å². The predicted molar refractivity (Wildman–Crippen MR) is 74.2 cm³/mol. The van der Waals surface area contributed by atoms with Gasteiger partial charge in [0.15, 0.2) is 0 Å². The van der Waals surface area contributed by atoms with Gasteiger partial charge in [-0.25, -0.2) is 9.97 Å². The van der Waals surface area contributed by atoms with Crippen molar-refractivity contribution in [1.82, 2.24) is 9.97 Å². The Bertz CT molecular complexity index is 574. The molecule has 0 fully saturated rings. The molecule has 0 aliphatic carbocycles. The van der Waals surface area contributed by atoms with Gasteiger partial charge in [-0.3, -0.25) is 0 Å². The van der Waals surface area contributed by atoms with Crippen LogP contribution in [-0.2, 0) is 24.3 Å². The lowest BCUT2D eigenvalue weighted by Crippen LogP contribution is -2.16. The second-order valence-corrected chi connectivity index (χ2v) is 4.75. The molecule has 0 radical (unpaired) electrons. The molecular weight excluding hydrogens is 262 g/mol. The summed E-state index contributed by atoms with van der Waals surface area (Å²) in [7, 11) is 0. The molecule has 3 rings (SSSR count). The first kappa shape index (κ1) is 12.4. The first-order chi connectivity index (χ1) is 9.33. The fourth-order valence-corrected chi connectivity index (χ4v) is 2.34. The van der Waals surface area contributed by atoms with Gasteiger partial charge >= 0.3 is 0 Å². The van der Waals surface area contributed by atoms with Crippen LogP contribution in [0.25, 0.3) is 0 Å². The number of halogens is 1. The largest absolute Gasteiger partial charge is 0.375 e. The van der Waals surface area contributed by atoms with Crippen LogP contribution in [0.1, 0.15) is 16.8 Å². The summed E-state index contributed by atoms with van der Waals surface area (Å²) in [5.74, 6) is 0.821. The van der Waals surface area contributed by atoms with Crippen molar-refractivity contribution in [2.45, 2.75) is 19.6 Å². The van der Waals surface area contributed by atoms with E-state index in [1.54, 1.807) is 0 Å². The minimum Gasteiger partial charge on any atom is -0.375 e. The first-order valence-electron chi connectivity index (χ1n) is 6.24. The second-order valence-electron chi connectivity index (χ2n) is 4.41. The molecule has 19 heavy (non-hydrogen) atoms. The summed E-state index contributed by atoms with van der Waals surface area (Å²) in [5, 5.41) is 3.60. The van der Waals surface area contributed by atoms with Gasteiger partial charge < -0.3 is 10.1 Å². The van der Waals surface area contributed by atoms with Crippen LogP contribution in [0.5, 0.6) is 0 Å². The lowest BCUT2D eigenvalue weighted by molar-refractivity contribution is 0.107. The molecule has 5 heteroatoms. The molecule has 0 unspecified atom stereocenters. The first-order valence-corrected chi connectivity index (χ1v) is 6.61. The van der Waals surface area contributed by atoms with E-state index in [1.165, 1.54) is 5.56 Å². The Balaban J connectivity index is 1.82. The van der Waals surface area contributed by atoms with Crippen LogP contribution in [0, 0.1) is 0 Å². The standard InChI is InChI=1S/C14H14ClN3O/c15-14-17-12-9-19-7-6-11(12)13(18-14)16-8-10-4-2-1-3-5-10/h1-5H,6-9H2,(H,16,17,18). The summed E-state index contributed by atoms with van der Waals surface area (Å²) < 4.78 is 5.39. The Morgan fingerprint density at radius 1 is 1.21 bits per heavy atom. The number of rotatable bonds is 3. The molecule has 4 nitrogen and oxygen atoms in total. The number of hydrogen-bond acceptors (Lipinski definition) is 4. The van der Waals surface area contributed by atoms with Crippen molar-refractivity contribution in [2.75, 3.05) is 11.9 Å². The third-order valence-corrected chi connectivity index (χ3v) is 3.27. The van der Waals surface area contributed by atoms with Gasteiger partial charge in [0.1, 0.15) is 5.82 Å². The molecule has 98 valence electrons. The van der Waals surface area contributed by atoms with E-state index in [9.17, 15) is 0 Å². The van der Waals surface area contributed by atoms with Crippen molar-refractivity contribution in [1.29, 1.82) is 0 Å². The maximum Gasteiger partial charge on any atom is 0.224 e. The lowest BCUT2D eigenvalue weighted by atomic mass is 10.1. The van der Waals surface area contributed by atoms with Crippen molar-refractivity contribution in [2.24, 2.45) is 0 Å². The maximum atomic E-state index is 5.95. The average molecular weight is 276 g/mol. The minimum atomic E-state index is 0.264. The van der Waals surface area contributed by atoms with E-state index in [1.807, 2.05) is 18.2 Å². The molecular formula is C14H14ClN3O. The molecule has 2 heterocycles. The molecule has 1 aliphatic rings. The van der Waals surface area contributed by atoms with Gasteiger partial charge in [-0.15, -0.1) is 0 Å². The van der Waals surface area contributed by atoms with Gasteiger partial charge in [0.2, 0.25) is 5.28 Å². The van der Waals surface area contributed by atoms with E-state index >= 15 is 0 Å². The van der Waals surface area contributed by atoms with Crippen LogP contribution in [0.3, 0.4) is 0 Å². The predicted octanol–water partition coefficient (Wildman–Crippen LogP) is 2.81. The third-order valence-electron chi connectivity index (χ3n) is 3.10. The molecule has 0 saturated heterocycles. The number of hydrogen-bond donors (Lipinski definition) is 1. The molecule has 1 aliphatic heterocycles. The maximum absolute atomic E-state index is 5.95. The van der Waals surface area contributed by atoms with Gasteiger partial charge in [-0.2, -0.15) is 0 Å². The number of ether oxygens (including phenoxy) is 1. The van der Waals surface area contributed by atoms with Crippen molar-refractivity contribution < 1.29 is 4.74 Å². The number of aromatic nitrogens is 2. The van der Waals surface area contributed by atoms with Crippen LogP contribution >= 0.6 is 11.6 Å². The monoisotopic (exact) mass is 275 g/mol. The molecule has 0 atom stereocenters. The number of nitrogens with one attached hydrogen (secondary N) is 1. The van der Waals surface area contributed by atoms with Crippen LogP contribution in [0.4, 0.5) is 5.82 Å². The molecule has 1 aromatic heterocycles. The Hall–Kier alpha value is -1.65. The summed E-state index contributed by atoms with van der Waals surface area (Å²) in [6, 6.07) is 10.2. The van der Waals surface area contributed by atoms with E-state index in [0.29, 0.717) is 13.2 Å².